The van der Waals surface area contributed by atoms with Gasteiger partial charge in [0.25, 0.3) is 0 Å². The van der Waals surface area contributed by atoms with Crippen molar-refractivity contribution in [2.45, 2.75) is 12.8 Å². The lowest BCUT2D eigenvalue weighted by Crippen LogP contribution is -2.36. The Morgan fingerprint density at radius 1 is 1.25 bits per heavy atom. The van der Waals surface area contributed by atoms with Crippen LogP contribution in [0, 0.1) is 0 Å². The topological polar surface area (TPSA) is 54.5 Å². The van der Waals surface area contributed by atoms with E-state index in [-0.39, 0.29) is 5.91 Å². The van der Waals surface area contributed by atoms with E-state index in [2.05, 4.69) is 15.2 Å². The molecule has 1 N–H and O–H groups in total. The fourth-order valence-electron chi connectivity index (χ4n) is 2.62. The average molecular weight is 346 g/mol. The lowest BCUT2D eigenvalue weighted by Gasteiger charge is -2.28. The molecule has 1 aliphatic heterocycles. The maximum atomic E-state index is 12.0. The van der Waals surface area contributed by atoms with Crippen molar-refractivity contribution in [3.05, 3.63) is 53.2 Å². The summed E-state index contributed by atoms with van der Waals surface area (Å²) in [5.74, 6) is 0.518. The molecule has 1 aromatic heterocycles. The molecule has 0 spiro atoms. The first kappa shape index (κ1) is 16.7. The highest BCUT2D eigenvalue weighted by molar-refractivity contribution is 6.30. The molecule has 5 nitrogen and oxygen atoms in total. The van der Waals surface area contributed by atoms with Gasteiger partial charge in [-0.05, 0) is 36.2 Å². The van der Waals surface area contributed by atoms with Crippen LogP contribution in [0.2, 0.25) is 5.02 Å². The largest absolute Gasteiger partial charge is 0.378 e. The molecule has 1 saturated heterocycles. The van der Waals surface area contributed by atoms with Crippen molar-refractivity contribution in [2.24, 2.45) is 0 Å². The fourth-order valence-corrected chi connectivity index (χ4v) is 2.84. The fraction of sp³-hybridized carbons (Fsp3) is 0.333. The number of aromatic nitrogens is 1. The third-order valence-corrected chi connectivity index (χ3v) is 4.16. The molecule has 2 heterocycles. The van der Waals surface area contributed by atoms with E-state index >= 15 is 0 Å². The smallest absolute Gasteiger partial charge is 0.225 e. The van der Waals surface area contributed by atoms with Gasteiger partial charge in [-0.2, -0.15) is 0 Å². The van der Waals surface area contributed by atoms with Gasteiger partial charge in [0.15, 0.2) is 0 Å². The van der Waals surface area contributed by atoms with Gasteiger partial charge in [0.1, 0.15) is 5.82 Å². The Hall–Kier alpha value is -2.11. The SMILES string of the molecule is O=C(CCc1cccc(Cl)c1)Nc1ccc(N2CCOCC2)cn1. The van der Waals surface area contributed by atoms with Gasteiger partial charge in [-0.15, -0.1) is 0 Å². The number of morpholine rings is 1. The number of rotatable bonds is 5. The lowest BCUT2D eigenvalue weighted by atomic mass is 10.1. The molecule has 6 heteroatoms. The first-order valence-electron chi connectivity index (χ1n) is 8.04. The van der Waals surface area contributed by atoms with E-state index in [9.17, 15) is 4.79 Å². The number of hydrogen-bond acceptors (Lipinski definition) is 4. The summed E-state index contributed by atoms with van der Waals surface area (Å²) >= 11 is 5.95. The quantitative estimate of drug-likeness (QED) is 0.904. The molecular weight excluding hydrogens is 326 g/mol. The number of halogens is 1. The lowest BCUT2D eigenvalue weighted by molar-refractivity contribution is -0.116. The molecule has 0 aliphatic carbocycles. The van der Waals surface area contributed by atoms with Crippen LogP contribution in [0.25, 0.3) is 0 Å². The molecule has 1 aromatic carbocycles. The van der Waals surface area contributed by atoms with Crippen molar-refractivity contribution in [1.29, 1.82) is 0 Å². The van der Waals surface area contributed by atoms with E-state index in [0.29, 0.717) is 23.7 Å². The maximum Gasteiger partial charge on any atom is 0.225 e. The number of nitrogens with zero attached hydrogens (tertiary/aromatic N) is 2. The molecule has 3 rings (SSSR count). The van der Waals surface area contributed by atoms with Crippen LogP contribution in [0.4, 0.5) is 11.5 Å². The number of hydrogen-bond donors (Lipinski definition) is 1. The van der Waals surface area contributed by atoms with Crippen molar-refractivity contribution < 1.29 is 9.53 Å². The predicted octanol–water partition coefficient (Wildman–Crippen LogP) is 3.14. The zero-order chi connectivity index (χ0) is 16.8. The van der Waals surface area contributed by atoms with Crippen molar-refractivity contribution in [1.82, 2.24) is 4.98 Å². The second-order valence-corrected chi connectivity index (χ2v) is 6.12. The van der Waals surface area contributed by atoms with Crippen LogP contribution in [-0.2, 0) is 16.0 Å². The summed E-state index contributed by atoms with van der Waals surface area (Å²) < 4.78 is 5.34. The maximum absolute atomic E-state index is 12.0. The van der Waals surface area contributed by atoms with E-state index in [1.165, 1.54) is 0 Å². The van der Waals surface area contributed by atoms with Crippen LogP contribution in [-0.4, -0.2) is 37.2 Å². The molecule has 0 radical (unpaired) electrons. The minimum absolute atomic E-state index is 0.0541. The highest BCUT2D eigenvalue weighted by Crippen LogP contribution is 2.17. The number of pyridine rings is 1. The summed E-state index contributed by atoms with van der Waals surface area (Å²) in [6.45, 7) is 3.21. The molecule has 1 amide bonds. The summed E-state index contributed by atoms with van der Waals surface area (Å²) in [6, 6.07) is 11.4. The Morgan fingerprint density at radius 3 is 2.79 bits per heavy atom. The number of nitrogens with one attached hydrogen (secondary N) is 1. The average Bonchev–Trinajstić information content (AvgIpc) is 2.61. The minimum Gasteiger partial charge on any atom is -0.378 e. The Balaban J connectivity index is 1.50. The van der Waals surface area contributed by atoms with Gasteiger partial charge in [-0.3, -0.25) is 4.79 Å². The summed E-state index contributed by atoms with van der Waals surface area (Å²) in [5, 5.41) is 3.52. The van der Waals surface area contributed by atoms with Gasteiger partial charge in [0, 0.05) is 24.5 Å². The van der Waals surface area contributed by atoms with Gasteiger partial charge in [-0.1, -0.05) is 23.7 Å². The van der Waals surface area contributed by atoms with E-state index in [0.717, 1.165) is 37.6 Å². The van der Waals surface area contributed by atoms with Crippen LogP contribution in [0.5, 0.6) is 0 Å². The van der Waals surface area contributed by atoms with E-state index < -0.39 is 0 Å². The summed E-state index contributed by atoms with van der Waals surface area (Å²) in [7, 11) is 0. The number of ether oxygens (including phenoxy) is 1. The standard InChI is InChI=1S/C18H20ClN3O2/c19-15-3-1-2-14(12-15)4-7-18(23)21-17-6-5-16(13-20-17)22-8-10-24-11-9-22/h1-3,5-6,12-13H,4,7-11H2,(H,20,21,23). The predicted molar refractivity (Wildman–Crippen MR) is 95.7 cm³/mol. The molecular formula is C18H20ClN3O2. The Bertz CT molecular complexity index is 685. The Labute approximate surface area is 146 Å². The third kappa shape index (κ3) is 4.69. The van der Waals surface area contributed by atoms with Gasteiger partial charge in [0.05, 0.1) is 25.1 Å². The van der Waals surface area contributed by atoms with Crippen molar-refractivity contribution >= 4 is 29.0 Å². The zero-order valence-corrected chi connectivity index (χ0v) is 14.1. The van der Waals surface area contributed by atoms with Crippen LogP contribution in [0.3, 0.4) is 0 Å². The number of carbonyl (C=O) groups is 1. The first-order chi connectivity index (χ1) is 11.7. The second-order valence-electron chi connectivity index (χ2n) is 5.68. The molecule has 24 heavy (non-hydrogen) atoms. The number of amides is 1. The Kier molecular flexibility index (Phi) is 5.67. The van der Waals surface area contributed by atoms with E-state index in [4.69, 9.17) is 16.3 Å². The molecule has 0 atom stereocenters. The summed E-state index contributed by atoms with van der Waals surface area (Å²) in [5.41, 5.74) is 2.10. The summed E-state index contributed by atoms with van der Waals surface area (Å²) in [4.78, 5) is 18.6. The zero-order valence-electron chi connectivity index (χ0n) is 13.4. The van der Waals surface area contributed by atoms with Crippen LogP contribution < -0.4 is 10.2 Å². The second kappa shape index (κ2) is 8.13. The minimum atomic E-state index is -0.0541. The number of anilines is 2. The molecule has 0 bridgehead atoms. The first-order valence-corrected chi connectivity index (χ1v) is 8.41. The molecule has 1 aliphatic rings. The normalized spacial score (nSPS) is 14.5. The molecule has 0 saturated carbocycles. The Morgan fingerprint density at radius 2 is 2.08 bits per heavy atom. The van der Waals surface area contributed by atoms with Gasteiger partial charge in [0.2, 0.25) is 5.91 Å². The molecule has 126 valence electrons. The molecule has 0 unspecified atom stereocenters. The van der Waals surface area contributed by atoms with Gasteiger partial charge >= 0.3 is 0 Å². The molecule has 2 aromatic rings. The number of carbonyl (C=O) groups excluding carboxylic acids is 1. The summed E-state index contributed by atoms with van der Waals surface area (Å²) in [6.07, 6.45) is 2.84. The van der Waals surface area contributed by atoms with E-state index in [1.54, 1.807) is 6.20 Å². The van der Waals surface area contributed by atoms with E-state index in [1.807, 2.05) is 36.4 Å². The van der Waals surface area contributed by atoms with Gasteiger partial charge < -0.3 is 15.0 Å². The van der Waals surface area contributed by atoms with Crippen LogP contribution in [0.1, 0.15) is 12.0 Å². The monoisotopic (exact) mass is 345 g/mol. The van der Waals surface area contributed by atoms with Crippen molar-refractivity contribution in [3.63, 3.8) is 0 Å². The third-order valence-electron chi connectivity index (χ3n) is 3.92. The van der Waals surface area contributed by atoms with Crippen LogP contribution >= 0.6 is 11.6 Å². The van der Waals surface area contributed by atoms with Crippen LogP contribution in [0.15, 0.2) is 42.6 Å². The number of benzene rings is 1. The highest BCUT2D eigenvalue weighted by atomic mass is 35.5. The number of aryl methyl sites for hydroxylation is 1. The molecule has 1 fully saturated rings. The van der Waals surface area contributed by atoms with Crippen molar-refractivity contribution in [3.8, 4) is 0 Å². The van der Waals surface area contributed by atoms with Gasteiger partial charge in [-0.25, -0.2) is 4.98 Å². The van der Waals surface area contributed by atoms with Crippen molar-refractivity contribution in [2.75, 3.05) is 36.5 Å². The highest BCUT2D eigenvalue weighted by Gasteiger charge is 2.11.